The average molecular weight is 449 g/mol. The lowest BCUT2D eigenvalue weighted by atomic mass is 10.1. The first-order chi connectivity index (χ1) is 16.0. The van der Waals surface area contributed by atoms with E-state index in [4.69, 9.17) is 0 Å². The van der Waals surface area contributed by atoms with Crippen LogP contribution in [0.5, 0.6) is 0 Å². The van der Waals surface area contributed by atoms with Crippen molar-refractivity contribution in [2.45, 2.75) is 6.04 Å². The molecule has 3 aromatic rings. The number of amides is 2. The third-order valence-electron chi connectivity index (χ3n) is 5.66. The Hall–Kier alpha value is -4.05. The first kappa shape index (κ1) is 22.2. The number of non-ortho nitro benzene ring substituents is 1. The number of aromatic nitrogens is 1. The van der Waals surface area contributed by atoms with E-state index in [1.807, 2.05) is 29.2 Å². The molecule has 1 aromatic heterocycles. The summed E-state index contributed by atoms with van der Waals surface area (Å²) in [5.41, 5.74) is 1.93. The third kappa shape index (κ3) is 4.90. The molecule has 0 saturated carbocycles. The average Bonchev–Trinajstić information content (AvgIpc) is 2.86. The topological polar surface area (TPSA) is 129 Å². The van der Waals surface area contributed by atoms with E-state index < -0.39 is 23.5 Å². The lowest BCUT2D eigenvalue weighted by Gasteiger charge is -2.37. The summed E-state index contributed by atoms with van der Waals surface area (Å²) < 4.78 is 0. The van der Waals surface area contributed by atoms with Crippen LogP contribution in [0.15, 0.2) is 60.8 Å². The van der Waals surface area contributed by atoms with Gasteiger partial charge in [0.1, 0.15) is 6.04 Å². The fourth-order valence-corrected chi connectivity index (χ4v) is 3.81. The number of benzene rings is 2. The van der Waals surface area contributed by atoms with Crippen molar-refractivity contribution in [2.75, 3.05) is 37.7 Å². The number of anilines is 1. The Morgan fingerprint density at radius 3 is 2.45 bits per heavy atom. The van der Waals surface area contributed by atoms with Crippen LogP contribution in [0.25, 0.3) is 10.9 Å². The van der Waals surface area contributed by atoms with E-state index in [0.717, 1.165) is 16.6 Å². The van der Waals surface area contributed by atoms with Gasteiger partial charge in [-0.3, -0.25) is 24.7 Å². The van der Waals surface area contributed by atoms with E-state index in [1.54, 1.807) is 23.1 Å². The number of hydrogen-bond donors (Lipinski definition) is 2. The van der Waals surface area contributed by atoms with Gasteiger partial charge in [0.25, 0.3) is 11.6 Å². The van der Waals surface area contributed by atoms with Gasteiger partial charge in [-0.25, -0.2) is 0 Å². The maximum Gasteiger partial charge on any atom is 0.269 e. The zero-order valence-electron chi connectivity index (χ0n) is 17.8. The summed E-state index contributed by atoms with van der Waals surface area (Å²) in [4.78, 5) is 43.8. The minimum atomic E-state index is -1.06. The molecule has 1 atom stereocenters. The van der Waals surface area contributed by atoms with Crippen LogP contribution in [0, 0.1) is 10.1 Å². The summed E-state index contributed by atoms with van der Waals surface area (Å²) in [6.45, 7) is 1.35. The molecular formula is C23H23N5O5. The van der Waals surface area contributed by atoms with Crippen molar-refractivity contribution in [3.8, 4) is 0 Å². The molecule has 10 heteroatoms. The van der Waals surface area contributed by atoms with Gasteiger partial charge in [-0.1, -0.05) is 18.2 Å². The SMILES string of the molecule is O=C(N[C@@H](CO)C(=O)N1CCN(c2ccc([N+](=O)[O-])cc2)CC1)c1cnc2ccccc2c1. The van der Waals surface area contributed by atoms with E-state index in [2.05, 4.69) is 10.3 Å². The first-order valence-corrected chi connectivity index (χ1v) is 10.5. The van der Waals surface area contributed by atoms with E-state index in [1.165, 1.54) is 18.3 Å². The number of carbonyl (C=O) groups excluding carboxylic acids is 2. The predicted octanol–water partition coefficient (Wildman–Crippen LogP) is 1.58. The molecule has 2 N–H and O–H groups in total. The maximum atomic E-state index is 12.9. The second-order valence-corrected chi connectivity index (χ2v) is 7.71. The summed E-state index contributed by atoms with van der Waals surface area (Å²) >= 11 is 0. The number of nitro groups is 1. The Morgan fingerprint density at radius 1 is 1.09 bits per heavy atom. The number of pyridine rings is 1. The summed E-state index contributed by atoms with van der Waals surface area (Å²) in [7, 11) is 0. The predicted molar refractivity (Wildman–Crippen MR) is 122 cm³/mol. The molecule has 1 aliphatic heterocycles. The number of aliphatic hydroxyl groups excluding tert-OH is 1. The molecule has 0 aliphatic carbocycles. The van der Waals surface area contributed by atoms with Crippen LogP contribution in [0.3, 0.4) is 0 Å². The number of nitro benzene ring substituents is 1. The zero-order valence-corrected chi connectivity index (χ0v) is 17.8. The normalized spacial score (nSPS) is 14.7. The molecule has 2 amide bonds. The molecule has 1 fully saturated rings. The van der Waals surface area contributed by atoms with Crippen molar-refractivity contribution < 1.29 is 19.6 Å². The second-order valence-electron chi connectivity index (χ2n) is 7.71. The standard InChI is InChI=1S/C23H23N5O5/c29-15-21(25-22(30)17-13-16-3-1-2-4-20(16)24-14-17)23(31)27-11-9-26(10-12-27)18-5-7-19(8-6-18)28(32)33/h1-8,13-14,21,29H,9-12,15H2,(H,25,30)/t21-/m0/s1. The minimum Gasteiger partial charge on any atom is -0.394 e. The van der Waals surface area contributed by atoms with Gasteiger partial charge in [0.05, 0.1) is 22.6 Å². The van der Waals surface area contributed by atoms with Crippen LogP contribution in [-0.2, 0) is 4.79 Å². The Labute approximate surface area is 189 Å². The largest absolute Gasteiger partial charge is 0.394 e. The number of hydrogen-bond acceptors (Lipinski definition) is 7. The van der Waals surface area contributed by atoms with Crippen molar-refractivity contribution in [3.63, 3.8) is 0 Å². The quantitative estimate of drug-likeness (QED) is 0.432. The molecule has 2 heterocycles. The van der Waals surface area contributed by atoms with Gasteiger partial charge in [-0.15, -0.1) is 0 Å². The monoisotopic (exact) mass is 449 g/mol. The molecule has 1 saturated heterocycles. The number of para-hydroxylation sites is 1. The summed E-state index contributed by atoms with van der Waals surface area (Å²) in [6.07, 6.45) is 1.44. The molecule has 170 valence electrons. The van der Waals surface area contributed by atoms with Gasteiger partial charge in [-0.05, 0) is 24.3 Å². The van der Waals surface area contributed by atoms with Gasteiger partial charge in [0, 0.05) is 55.6 Å². The van der Waals surface area contributed by atoms with Gasteiger partial charge in [0.15, 0.2) is 0 Å². The number of piperazine rings is 1. The molecule has 0 unspecified atom stereocenters. The lowest BCUT2D eigenvalue weighted by Crippen LogP contribution is -2.56. The van der Waals surface area contributed by atoms with E-state index in [9.17, 15) is 24.8 Å². The first-order valence-electron chi connectivity index (χ1n) is 10.5. The number of nitrogens with zero attached hydrogens (tertiary/aromatic N) is 4. The number of fused-ring (bicyclic) bond motifs is 1. The Morgan fingerprint density at radius 2 is 1.79 bits per heavy atom. The Kier molecular flexibility index (Phi) is 6.45. The fraction of sp³-hybridized carbons (Fsp3) is 0.261. The Balaban J connectivity index is 1.36. The van der Waals surface area contributed by atoms with E-state index in [0.29, 0.717) is 31.7 Å². The highest BCUT2D eigenvalue weighted by Gasteiger charge is 2.29. The molecule has 2 aromatic carbocycles. The molecule has 33 heavy (non-hydrogen) atoms. The highest BCUT2D eigenvalue weighted by molar-refractivity contribution is 5.99. The zero-order chi connectivity index (χ0) is 23.4. The van der Waals surface area contributed by atoms with Crippen molar-refractivity contribution >= 4 is 34.1 Å². The Bertz CT molecular complexity index is 1180. The van der Waals surface area contributed by atoms with Gasteiger partial charge < -0.3 is 20.2 Å². The summed E-state index contributed by atoms with van der Waals surface area (Å²) in [5.74, 6) is -0.840. The number of carbonyl (C=O) groups is 2. The molecular weight excluding hydrogens is 426 g/mol. The highest BCUT2D eigenvalue weighted by Crippen LogP contribution is 2.21. The summed E-state index contributed by atoms with van der Waals surface area (Å²) in [5, 5.41) is 24.0. The van der Waals surface area contributed by atoms with Crippen LogP contribution >= 0.6 is 0 Å². The van der Waals surface area contributed by atoms with E-state index >= 15 is 0 Å². The second kappa shape index (κ2) is 9.61. The van der Waals surface area contributed by atoms with E-state index in [-0.39, 0.29) is 11.6 Å². The molecule has 0 bridgehead atoms. The van der Waals surface area contributed by atoms with Crippen LogP contribution in [0.2, 0.25) is 0 Å². The van der Waals surface area contributed by atoms with Gasteiger partial charge in [-0.2, -0.15) is 0 Å². The van der Waals surface area contributed by atoms with Crippen molar-refractivity contribution in [2.24, 2.45) is 0 Å². The third-order valence-corrected chi connectivity index (χ3v) is 5.66. The lowest BCUT2D eigenvalue weighted by molar-refractivity contribution is -0.384. The number of aliphatic hydroxyl groups is 1. The fourth-order valence-electron chi connectivity index (χ4n) is 3.81. The van der Waals surface area contributed by atoms with Crippen LogP contribution < -0.4 is 10.2 Å². The smallest absolute Gasteiger partial charge is 0.269 e. The van der Waals surface area contributed by atoms with Crippen LogP contribution in [-0.4, -0.2) is 70.6 Å². The molecule has 10 nitrogen and oxygen atoms in total. The highest BCUT2D eigenvalue weighted by atomic mass is 16.6. The molecule has 0 spiro atoms. The minimum absolute atomic E-state index is 0.0238. The van der Waals surface area contributed by atoms with Gasteiger partial charge >= 0.3 is 0 Å². The maximum absolute atomic E-state index is 12.9. The van der Waals surface area contributed by atoms with Crippen molar-refractivity contribution in [1.29, 1.82) is 0 Å². The molecule has 1 aliphatic rings. The van der Waals surface area contributed by atoms with Crippen LogP contribution in [0.1, 0.15) is 10.4 Å². The number of nitrogens with one attached hydrogen (secondary N) is 1. The van der Waals surface area contributed by atoms with Crippen molar-refractivity contribution in [3.05, 3.63) is 76.5 Å². The number of rotatable bonds is 6. The van der Waals surface area contributed by atoms with Gasteiger partial charge in [0.2, 0.25) is 5.91 Å². The summed E-state index contributed by atoms with van der Waals surface area (Å²) in [6, 6.07) is 14.3. The molecule has 0 radical (unpaired) electrons. The molecule has 4 rings (SSSR count). The van der Waals surface area contributed by atoms with Crippen LogP contribution in [0.4, 0.5) is 11.4 Å². The van der Waals surface area contributed by atoms with Crippen molar-refractivity contribution in [1.82, 2.24) is 15.2 Å².